The highest BCUT2D eigenvalue weighted by Gasteiger charge is 2.79. The molecule has 0 unspecified atom stereocenters. The molecule has 0 aromatic rings. The lowest BCUT2D eigenvalue weighted by Crippen LogP contribution is -2.43. The van der Waals surface area contributed by atoms with Crippen LogP contribution in [0.15, 0.2) is 11.6 Å². The van der Waals surface area contributed by atoms with Gasteiger partial charge in [-0.3, -0.25) is 4.79 Å². The molecule has 4 heteroatoms. The molecule has 4 nitrogen and oxygen atoms in total. The molecule has 0 aromatic carbocycles. The van der Waals surface area contributed by atoms with Crippen LogP contribution in [0.25, 0.3) is 0 Å². The number of hydrogen-bond donors (Lipinski definition) is 1. The van der Waals surface area contributed by atoms with Crippen molar-refractivity contribution >= 4 is 5.97 Å². The molecule has 1 saturated carbocycles. The van der Waals surface area contributed by atoms with Crippen LogP contribution in [0.2, 0.25) is 0 Å². The minimum atomic E-state index is -0.573. The zero-order chi connectivity index (χ0) is 13.6. The molecule has 0 radical (unpaired) electrons. The van der Waals surface area contributed by atoms with Gasteiger partial charge in [0.15, 0.2) is 0 Å². The summed E-state index contributed by atoms with van der Waals surface area (Å²) in [5.41, 5.74) is 0.304. The molecule has 4 rings (SSSR count). The molecule has 2 saturated heterocycles. The predicted molar refractivity (Wildman–Crippen MR) is 67.2 cm³/mol. The van der Waals surface area contributed by atoms with E-state index >= 15 is 0 Å². The molecule has 0 bridgehead atoms. The van der Waals surface area contributed by atoms with Gasteiger partial charge < -0.3 is 14.6 Å². The minimum absolute atomic E-state index is 0.0221. The minimum Gasteiger partial charge on any atom is -0.461 e. The average molecular weight is 264 g/mol. The number of hydrogen-bond acceptors (Lipinski definition) is 4. The van der Waals surface area contributed by atoms with Crippen LogP contribution in [0.4, 0.5) is 0 Å². The molecule has 19 heavy (non-hydrogen) atoms. The van der Waals surface area contributed by atoms with Crippen molar-refractivity contribution in [1.29, 1.82) is 0 Å². The summed E-state index contributed by atoms with van der Waals surface area (Å²) in [4.78, 5) is 11.9. The molecular formula is C15H20O4. The number of rotatable bonds is 0. The Morgan fingerprint density at radius 3 is 2.95 bits per heavy atom. The monoisotopic (exact) mass is 264 g/mol. The summed E-state index contributed by atoms with van der Waals surface area (Å²) in [5, 5.41) is 10.4. The van der Waals surface area contributed by atoms with E-state index in [1.54, 1.807) is 0 Å². The number of carbonyl (C=O) groups excluding carboxylic acids is 1. The highest BCUT2D eigenvalue weighted by Crippen LogP contribution is 2.67. The summed E-state index contributed by atoms with van der Waals surface area (Å²) >= 11 is 0. The number of esters is 1. The summed E-state index contributed by atoms with van der Waals surface area (Å²) in [6.45, 7) is 6.07. The van der Waals surface area contributed by atoms with E-state index in [1.165, 1.54) is 0 Å². The molecule has 0 aromatic heterocycles. The smallest absolute Gasteiger partial charge is 0.309 e. The fourth-order valence-electron chi connectivity index (χ4n) is 4.82. The lowest BCUT2D eigenvalue weighted by atomic mass is 9.77. The van der Waals surface area contributed by atoms with Crippen molar-refractivity contribution in [2.24, 2.45) is 17.8 Å². The number of carbonyl (C=O) groups is 1. The van der Waals surface area contributed by atoms with Crippen molar-refractivity contribution in [2.75, 3.05) is 0 Å². The van der Waals surface area contributed by atoms with Crippen LogP contribution in [-0.4, -0.2) is 34.5 Å². The van der Waals surface area contributed by atoms with Crippen molar-refractivity contribution in [3.05, 3.63) is 11.6 Å². The average Bonchev–Trinajstić information content (AvgIpc) is 2.77. The van der Waals surface area contributed by atoms with Crippen LogP contribution >= 0.6 is 0 Å². The number of ether oxygens (including phenoxy) is 2. The molecule has 4 aliphatic rings. The molecular weight excluding hydrogens is 244 g/mol. The van der Waals surface area contributed by atoms with Gasteiger partial charge in [0.1, 0.15) is 17.8 Å². The lowest BCUT2D eigenvalue weighted by molar-refractivity contribution is -0.146. The summed E-state index contributed by atoms with van der Waals surface area (Å²) in [6, 6.07) is 0. The maximum atomic E-state index is 11.9. The summed E-state index contributed by atoms with van der Waals surface area (Å²) in [6.07, 6.45) is 3.02. The molecule has 104 valence electrons. The van der Waals surface area contributed by atoms with Gasteiger partial charge in [-0.05, 0) is 26.7 Å². The van der Waals surface area contributed by atoms with Crippen LogP contribution in [0.3, 0.4) is 0 Å². The first-order valence-electron chi connectivity index (χ1n) is 7.18. The third-order valence-electron chi connectivity index (χ3n) is 5.96. The van der Waals surface area contributed by atoms with Crippen LogP contribution in [-0.2, 0) is 14.3 Å². The highest BCUT2D eigenvalue weighted by molar-refractivity contribution is 5.75. The Labute approximate surface area is 112 Å². The topological polar surface area (TPSA) is 59.1 Å². The van der Waals surface area contributed by atoms with Crippen molar-refractivity contribution in [2.45, 2.75) is 57.0 Å². The van der Waals surface area contributed by atoms with E-state index in [-0.39, 0.29) is 35.4 Å². The van der Waals surface area contributed by atoms with Gasteiger partial charge in [-0.1, -0.05) is 18.6 Å². The van der Waals surface area contributed by atoms with Gasteiger partial charge in [-0.2, -0.15) is 0 Å². The number of aliphatic hydroxyl groups is 1. The van der Waals surface area contributed by atoms with Gasteiger partial charge in [-0.25, -0.2) is 0 Å². The summed E-state index contributed by atoms with van der Waals surface area (Å²) < 4.78 is 11.7. The zero-order valence-electron chi connectivity index (χ0n) is 11.6. The molecule has 2 aliphatic heterocycles. The SMILES string of the molecule is CC1=C[C@H](O)[C@]23O[C@@]2(C)CC[C@@H]2[C@H](OC(=O)[C@H]2C)[C@@H]13. The van der Waals surface area contributed by atoms with Gasteiger partial charge >= 0.3 is 5.97 Å². The summed E-state index contributed by atoms with van der Waals surface area (Å²) in [7, 11) is 0. The molecule has 1 spiro atoms. The van der Waals surface area contributed by atoms with Gasteiger partial charge in [0.25, 0.3) is 0 Å². The van der Waals surface area contributed by atoms with Gasteiger partial charge in [0.2, 0.25) is 0 Å². The predicted octanol–water partition coefficient (Wildman–Crippen LogP) is 1.42. The Bertz CT molecular complexity index is 498. The number of epoxide rings is 1. The van der Waals surface area contributed by atoms with E-state index in [9.17, 15) is 9.90 Å². The number of fused-ring (bicyclic) bond motifs is 2. The normalized spacial score (nSPS) is 58.6. The fraction of sp³-hybridized carbons (Fsp3) is 0.800. The second kappa shape index (κ2) is 3.23. The largest absolute Gasteiger partial charge is 0.461 e. The van der Waals surface area contributed by atoms with Crippen molar-refractivity contribution in [1.82, 2.24) is 0 Å². The molecule has 2 heterocycles. The van der Waals surface area contributed by atoms with Crippen molar-refractivity contribution in [3.8, 4) is 0 Å². The van der Waals surface area contributed by atoms with Crippen LogP contribution < -0.4 is 0 Å². The second-order valence-electron chi connectivity index (χ2n) is 6.85. The highest BCUT2D eigenvalue weighted by atomic mass is 16.6. The Kier molecular flexibility index (Phi) is 2.03. The van der Waals surface area contributed by atoms with Crippen LogP contribution in [0, 0.1) is 17.8 Å². The molecule has 7 atom stereocenters. The Hall–Kier alpha value is -0.870. The maximum absolute atomic E-state index is 11.9. The Morgan fingerprint density at radius 1 is 1.47 bits per heavy atom. The number of aliphatic hydroxyl groups excluding tert-OH is 1. The first-order valence-corrected chi connectivity index (χ1v) is 7.18. The zero-order valence-corrected chi connectivity index (χ0v) is 11.6. The van der Waals surface area contributed by atoms with Crippen molar-refractivity contribution < 1.29 is 19.4 Å². The maximum Gasteiger partial charge on any atom is 0.309 e. The van der Waals surface area contributed by atoms with E-state index in [4.69, 9.17) is 9.47 Å². The first-order chi connectivity index (χ1) is 8.91. The van der Waals surface area contributed by atoms with E-state index in [0.717, 1.165) is 18.4 Å². The van der Waals surface area contributed by atoms with Gasteiger partial charge in [-0.15, -0.1) is 0 Å². The quantitative estimate of drug-likeness (QED) is 0.408. The summed E-state index contributed by atoms with van der Waals surface area (Å²) in [5.74, 6) is 0.155. The first kappa shape index (κ1) is 11.9. The van der Waals surface area contributed by atoms with Crippen LogP contribution in [0.1, 0.15) is 33.6 Å². The van der Waals surface area contributed by atoms with E-state index in [1.807, 2.05) is 19.9 Å². The molecule has 1 N–H and O–H groups in total. The lowest BCUT2D eigenvalue weighted by Gasteiger charge is -2.28. The van der Waals surface area contributed by atoms with E-state index < -0.39 is 11.7 Å². The van der Waals surface area contributed by atoms with E-state index in [0.29, 0.717) is 0 Å². The third kappa shape index (κ3) is 1.16. The second-order valence-corrected chi connectivity index (χ2v) is 6.85. The van der Waals surface area contributed by atoms with Gasteiger partial charge in [0, 0.05) is 5.92 Å². The Balaban J connectivity index is 1.81. The fourth-order valence-corrected chi connectivity index (χ4v) is 4.82. The molecule has 2 aliphatic carbocycles. The molecule has 3 fully saturated rings. The standard InChI is InChI=1S/C15H20O4/c1-7-6-10(16)15-11(7)12-9(8(2)13(17)18-12)4-5-14(15,3)19-15/h6,8-12,16H,4-5H2,1-3H3/t8-,9-,10-,11+,12-,14-,15+/m0/s1. The van der Waals surface area contributed by atoms with E-state index in [2.05, 4.69) is 6.92 Å². The molecule has 0 amide bonds. The van der Waals surface area contributed by atoms with Crippen molar-refractivity contribution in [3.63, 3.8) is 0 Å². The third-order valence-corrected chi connectivity index (χ3v) is 5.96. The van der Waals surface area contributed by atoms with Crippen LogP contribution in [0.5, 0.6) is 0 Å². The van der Waals surface area contributed by atoms with Gasteiger partial charge in [0.05, 0.1) is 17.4 Å². The Morgan fingerprint density at radius 2 is 2.21 bits per heavy atom.